The number of hydrogen-bond donors (Lipinski definition) is 1. The van der Waals surface area contributed by atoms with Gasteiger partial charge in [0, 0.05) is 29.5 Å². The van der Waals surface area contributed by atoms with Gasteiger partial charge in [0.2, 0.25) is 0 Å². The molecule has 1 aromatic rings. The Morgan fingerprint density at radius 1 is 1.33 bits per heavy atom. The number of nitrogens with zero attached hydrogens (tertiary/aromatic N) is 1. The van der Waals surface area contributed by atoms with Crippen LogP contribution in [0.2, 0.25) is 0 Å². The maximum atomic E-state index is 5.93. The van der Waals surface area contributed by atoms with Gasteiger partial charge in [0.25, 0.3) is 0 Å². The molecule has 4 heteroatoms. The smallest absolute Gasteiger partial charge is 0.122 e. The standard InChI is InChI=1S/C17H30N2OS/c1-7-20-15(11(2)3)16-19-14(12-8-9-12)13(21-16)10-18-17(4,5)6/h11-12,15,18H,7-10H2,1-6H3. The molecule has 0 radical (unpaired) electrons. The van der Waals surface area contributed by atoms with Crippen molar-refractivity contribution in [1.29, 1.82) is 0 Å². The van der Waals surface area contributed by atoms with E-state index in [1.807, 2.05) is 11.3 Å². The van der Waals surface area contributed by atoms with E-state index < -0.39 is 0 Å². The van der Waals surface area contributed by atoms with Gasteiger partial charge in [-0.25, -0.2) is 4.98 Å². The van der Waals surface area contributed by atoms with Crippen LogP contribution in [0, 0.1) is 5.92 Å². The highest BCUT2D eigenvalue weighted by Crippen LogP contribution is 2.44. The molecule has 0 aromatic carbocycles. The average Bonchev–Trinajstić information content (AvgIpc) is 3.13. The quantitative estimate of drug-likeness (QED) is 0.796. The summed E-state index contributed by atoms with van der Waals surface area (Å²) in [7, 11) is 0. The third kappa shape index (κ3) is 4.76. The van der Waals surface area contributed by atoms with Crippen molar-refractivity contribution >= 4 is 11.3 Å². The predicted molar refractivity (Wildman–Crippen MR) is 89.9 cm³/mol. The van der Waals surface area contributed by atoms with E-state index in [4.69, 9.17) is 9.72 Å². The van der Waals surface area contributed by atoms with E-state index in [9.17, 15) is 0 Å². The van der Waals surface area contributed by atoms with Crippen LogP contribution in [0.3, 0.4) is 0 Å². The number of nitrogens with one attached hydrogen (secondary N) is 1. The fourth-order valence-electron chi connectivity index (χ4n) is 2.38. The van der Waals surface area contributed by atoms with Crippen molar-refractivity contribution in [3.8, 4) is 0 Å². The van der Waals surface area contributed by atoms with Gasteiger partial charge in [-0.1, -0.05) is 13.8 Å². The highest BCUT2D eigenvalue weighted by Gasteiger charge is 2.32. The molecule has 1 N–H and O–H groups in total. The van der Waals surface area contributed by atoms with Crippen molar-refractivity contribution in [3.05, 3.63) is 15.6 Å². The van der Waals surface area contributed by atoms with Gasteiger partial charge in [-0.2, -0.15) is 0 Å². The number of aromatic nitrogens is 1. The molecule has 0 aliphatic heterocycles. The van der Waals surface area contributed by atoms with Crippen LogP contribution in [0.4, 0.5) is 0 Å². The van der Waals surface area contributed by atoms with Crippen LogP contribution < -0.4 is 5.32 Å². The molecule has 0 bridgehead atoms. The van der Waals surface area contributed by atoms with Crippen molar-refractivity contribution in [1.82, 2.24) is 10.3 Å². The lowest BCUT2D eigenvalue weighted by atomic mass is 10.1. The minimum absolute atomic E-state index is 0.140. The largest absolute Gasteiger partial charge is 0.371 e. The van der Waals surface area contributed by atoms with Crippen LogP contribution in [0.5, 0.6) is 0 Å². The molecule has 3 nitrogen and oxygen atoms in total. The summed E-state index contributed by atoms with van der Waals surface area (Å²) in [5, 5.41) is 4.77. The molecule has 1 unspecified atom stereocenters. The first kappa shape index (κ1) is 16.9. The summed E-state index contributed by atoms with van der Waals surface area (Å²) in [5.74, 6) is 1.16. The molecule has 1 heterocycles. The fraction of sp³-hybridized carbons (Fsp3) is 0.824. The van der Waals surface area contributed by atoms with Gasteiger partial charge in [0.1, 0.15) is 11.1 Å². The van der Waals surface area contributed by atoms with Gasteiger partial charge in [0.05, 0.1) is 5.69 Å². The monoisotopic (exact) mass is 310 g/mol. The van der Waals surface area contributed by atoms with Crippen LogP contribution in [-0.2, 0) is 11.3 Å². The fourth-order valence-corrected chi connectivity index (χ4v) is 3.69. The SMILES string of the molecule is CCOC(c1nc(C2CC2)c(CNC(C)(C)C)s1)C(C)C. The summed E-state index contributed by atoms with van der Waals surface area (Å²) in [6, 6.07) is 0. The maximum absolute atomic E-state index is 5.93. The minimum atomic E-state index is 0.140. The van der Waals surface area contributed by atoms with Crippen LogP contribution in [0.1, 0.15) is 82.0 Å². The van der Waals surface area contributed by atoms with Gasteiger partial charge in [-0.15, -0.1) is 11.3 Å². The van der Waals surface area contributed by atoms with E-state index in [-0.39, 0.29) is 11.6 Å². The Bertz CT molecular complexity index is 458. The Morgan fingerprint density at radius 3 is 2.48 bits per heavy atom. The summed E-state index contributed by atoms with van der Waals surface area (Å²) in [4.78, 5) is 6.38. The Morgan fingerprint density at radius 2 is 2.00 bits per heavy atom. The van der Waals surface area contributed by atoms with E-state index in [2.05, 4.69) is 46.9 Å². The van der Waals surface area contributed by atoms with Gasteiger partial charge in [0.15, 0.2) is 0 Å². The summed E-state index contributed by atoms with van der Waals surface area (Å²) >= 11 is 1.85. The molecule has 1 aliphatic rings. The van der Waals surface area contributed by atoms with Crippen molar-refractivity contribution in [2.45, 2.75) is 78.5 Å². The highest BCUT2D eigenvalue weighted by atomic mass is 32.1. The Hall–Kier alpha value is -0.450. The molecular weight excluding hydrogens is 280 g/mol. The highest BCUT2D eigenvalue weighted by molar-refractivity contribution is 7.11. The van der Waals surface area contributed by atoms with Gasteiger partial charge >= 0.3 is 0 Å². The van der Waals surface area contributed by atoms with E-state index in [0.29, 0.717) is 11.8 Å². The van der Waals surface area contributed by atoms with Crippen LogP contribution in [-0.4, -0.2) is 17.1 Å². The predicted octanol–water partition coefficient (Wildman–Crippen LogP) is 4.64. The first-order valence-corrected chi connectivity index (χ1v) is 8.99. The van der Waals surface area contributed by atoms with E-state index in [1.54, 1.807) is 0 Å². The Labute approximate surface area is 133 Å². The molecule has 1 atom stereocenters. The maximum Gasteiger partial charge on any atom is 0.122 e. The first-order chi connectivity index (χ1) is 9.81. The molecule has 2 rings (SSSR count). The zero-order valence-corrected chi connectivity index (χ0v) is 15.1. The lowest BCUT2D eigenvalue weighted by molar-refractivity contribution is 0.0292. The normalized spacial score (nSPS) is 17.5. The van der Waals surface area contributed by atoms with Gasteiger partial charge in [-0.05, 0) is 46.5 Å². The third-order valence-corrected chi connectivity index (χ3v) is 4.82. The second-order valence-corrected chi connectivity index (χ2v) is 8.47. The molecule has 0 saturated heterocycles. The molecule has 120 valence electrons. The molecule has 21 heavy (non-hydrogen) atoms. The molecule has 1 fully saturated rings. The van der Waals surface area contributed by atoms with E-state index in [1.165, 1.54) is 28.4 Å². The van der Waals surface area contributed by atoms with E-state index >= 15 is 0 Å². The molecule has 1 aromatic heterocycles. The van der Waals surface area contributed by atoms with Crippen LogP contribution in [0.25, 0.3) is 0 Å². The zero-order valence-electron chi connectivity index (χ0n) is 14.3. The summed E-state index contributed by atoms with van der Waals surface area (Å²) in [5.41, 5.74) is 1.47. The second-order valence-electron chi connectivity index (χ2n) is 7.36. The number of thiazole rings is 1. The molecule has 0 amide bonds. The Kier molecular flexibility index (Phi) is 5.44. The van der Waals surface area contributed by atoms with Crippen molar-refractivity contribution in [3.63, 3.8) is 0 Å². The van der Waals surface area contributed by atoms with E-state index in [0.717, 1.165) is 13.2 Å². The molecule has 0 spiro atoms. The van der Waals surface area contributed by atoms with Crippen molar-refractivity contribution < 1.29 is 4.74 Å². The zero-order chi connectivity index (χ0) is 15.6. The number of hydrogen-bond acceptors (Lipinski definition) is 4. The molecule has 1 aliphatic carbocycles. The first-order valence-electron chi connectivity index (χ1n) is 8.18. The minimum Gasteiger partial charge on any atom is -0.371 e. The molecular formula is C17H30N2OS. The third-order valence-electron chi connectivity index (χ3n) is 3.68. The van der Waals surface area contributed by atoms with Gasteiger partial charge < -0.3 is 10.1 Å². The van der Waals surface area contributed by atoms with Crippen molar-refractivity contribution in [2.24, 2.45) is 5.92 Å². The summed E-state index contributed by atoms with van der Waals surface area (Å²) < 4.78 is 5.93. The van der Waals surface area contributed by atoms with Crippen molar-refractivity contribution in [2.75, 3.05) is 6.61 Å². The van der Waals surface area contributed by atoms with Gasteiger partial charge in [-0.3, -0.25) is 0 Å². The lowest BCUT2D eigenvalue weighted by Gasteiger charge is -2.20. The summed E-state index contributed by atoms with van der Waals surface area (Å²) in [6.45, 7) is 14.8. The topological polar surface area (TPSA) is 34.1 Å². The summed E-state index contributed by atoms with van der Waals surface area (Å²) in [6.07, 6.45) is 2.74. The number of ether oxygens (including phenoxy) is 1. The molecule has 1 saturated carbocycles. The second kappa shape index (κ2) is 6.76. The number of rotatable bonds is 7. The van der Waals surface area contributed by atoms with Crippen LogP contribution >= 0.6 is 11.3 Å². The lowest BCUT2D eigenvalue weighted by Crippen LogP contribution is -2.35. The average molecular weight is 311 g/mol. The Balaban J connectivity index is 2.19. The van der Waals surface area contributed by atoms with Crippen LogP contribution in [0.15, 0.2) is 0 Å².